The number of nitrogen functional groups attached to an aromatic ring is 1. The summed E-state index contributed by atoms with van der Waals surface area (Å²) in [5.41, 5.74) is 8.87. The highest BCUT2D eigenvalue weighted by atomic mass is 16.5. The Kier molecular flexibility index (Phi) is 3.13. The number of aromatic nitrogens is 2. The van der Waals surface area contributed by atoms with Gasteiger partial charge in [0.2, 0.25) is 0 Å². The molecule has 1 heterocycles. The van der Waals surface area contributed by atoms with Gasteiger partial charge in [0.15, 0.2) is 0 Å². The normalized spacial score (nSPS) is 10.4. The van der Waals surface area contributed by atoms with Crippen molar-refractivity contribution in [3.05, 3.63) is 60.7 Å². The number of nitrogens with two attached hydrogens (primary N) is 1. The lowest BCUT2D eigenvalue weighted by Gasteiger charge is -2.05. The van der Waals surface area contributed by atoms with Gasteiger partial charge in [-0.25, -0.2) is 4.68 Å². The molecule has 2 N–H and O–H groups in total. The van der Waals surface area contributed by atoms with E-state index in [-0.39, 0.29) is 0 Å². The van der Waals surface area contributed by atoms with Crippen molar-refractivity contribution in [2.45, 2.75) is 0 Å². The smallest absolute Gasteiger partial charge is 0.127 e. The van der Waals surface area contributed by atoms with Crippen LogP contribution in [0.2, 0.25) is 0 Å². The summed E-state index contributed by atoms with van der Waals surface area (Å²) < 4.78 is 6.87. The minimum atomic E-state index is 0.606. The van der Waals surface area contributed by atoms with Gasteiger partial charge in [-0.2, -0.15) is 5.10 Å². The zero-order valence-corrected chi connectivity index (χ0v) is 11.2. The number of hydrogen-bond donors (Lipinski definition) is 1. The third kappa shape index (κ3) is 2.23. The summed E-state index contributed by atoms with van der Waals surface area (Å²) in [7, 11) is 1.64. The molecule has 2 aromatic carbocycles. The Labute approximate surface area is 117 Å². The predicted octanol–water partition coefficient (Wildman–Crippen LogP) is 3.13. The molecule has 0 saturated carbocycles. The van der Waals surface area contributed by atoms with E-state index in [9.17, 15) is 0 Å². The highest BCUT2D eigenvalue weighted by Gasteiger charge is 2.08. The molecule has 100 valence electrons. The SMILES string of the molecule is COc1ccc(-n2nc(-c3ccccc3)cc2N)cc1. The van der Waals surface area contributed by atoms with Crippen molar-refractivity contribution in [1.29, 1.82) is 0 Å². The molecule has 0 fully saturated rings. The summed E-state index contributed by atoms with van der Waals surface area (Å²) in [5.74, 6) is 1.41. The number of methoxy groups -OCH3 is 1. The summed E-state index contributed by atoms with van der Waals surface area (Å²) in [4.78, 5) is 0. The van der Waals surface area contributed by atoms with Crippen LogP contribution < -0.4 is 10.5 Å². The molecule has 0 bridgehead atoms. The quantitative estimate of drug-likeness (QED) is 0.791. The maximum atomic E-state index is 6.05. The first-order valence-electron chi connectivity index (χ1n) is 6.33. The molecule has 0 radical (unpaired) electrons. The Morgan fingerprint density at radius 1 is 1.00 bits per heavy atom. The number of nitrogens with zero attached hydrogens (tertiary/aromatic N) is 2. The third-order valence-electron chi connectivity index (χ3n) is 3.12. The fourth-order valence-electron chi connectivity index (χ4n) is 2.08. The minimum absolute atomic E-state index is 0.606. The Morgan fingerprint density at radius 2 is 1.70 bits per heavy atom. The lowest BCUT2D eigenvalue weighted by atomic mass is 10.2. The molecule has 1 aromatic heterocycles. The van der Waals surface area contributed by atoms with Crippen molar-refractivity contribution in [2.24, 2.45) is 0 Å². The molecule has 3 aromatic rings. The van der Waals surface area contributed by atoms with Crippen LogP contribution in [-0.4, -0.2) is 16.9 Å². The van der Waals surface area contributed by atoms with Crippen molar-refractivity contribution in [2.75, 3.05) is 12.8 Å². The van der Waals surface area contributed by atoms with E-state index >= 15 is 0 Å². The van der Waals surface area contributed by atoms with Crippen LogP contribution in [-0.2, 0) is 0 Å². The monoisotopic (exact) mass is 265 g/mol. The predicted molar refractivity (Wildman–Crippen MR) is 80.0 cm³/mol. The Hall–Kier alpha value is -2.75. The summed E-state index contributed by atoms with van der Waals surface area (Å²) in [6.45, 7) is 0. The van der Waals surface area contributed by atoms with Gasteiger partial charge in [0, 0.05) is 11.6 Å². The Bertz CT molecular complexity index is 702. The number of rotatable bonds is 3. The molecule has 3 rings (SSSR count). The zero-order chi connectivity index (χ0) is 13.9. The van der Waals surface area contributed by atoms with E-state index in [1.54, 1.807) is 11.8 Å². The van der Waals surface area contributed by atoms with Gasteiger partial charge in [0.25, 0.3) is 0 Å². The first kappa shape index (κ1) is 12.3. The molecule has 20 heavy (non-hydrogen) atoms. The molecule has 0 aliphatic carbocycles. The van der Waals surface area contributed by atoms with Crippen LogP contribution in [0.25, 0.3) is 16.9 Å². The van der Waals surface area contributed by atoms with Gasteiger partial charge in [-0.05, 0) is 24.3 Å². The van der Waals surface area contributed by atoms with Crippen LogP contribution in [0.3, 0.4) is 0 Å². The van der Waals surface area contributed by atoms with E-state index in [1.165, 1.54) is 0 Å². The van der Waals surface area contributed by atoms with Gasteiger partial charge in [-0.3, -0.25) is 0 Å². The molecular formula is C16H15N3O. The second-order valence-electron chi connectivity index (χ2n) is 4.43. The van der Waals surface area contributed by atoms with Crippen molar-refractivity contribution in [1.82, 2.24) is 9.78 Å². The second kappa shape index (κ2) is 5.09. The molecular weight excluding hydrogens is 250 g/mol. The van der Waals surface area contributed by atoms with Crippen molar-refractivity contribution < 1.29 is 4.74 Å². The van der Waals surface area contributed by atoms with Gasteiger partial charge < -0.3 is 10.5 Å². The molecule has 0 unspecified atom stereocenters. The highest BCUT2D eigenvalue weighted by molar-refractivity contribution is 5.63. The minimum Gasteiger partial charge on any atom is -0.497 e. The molecule has 4 heteroatoms. The van der Waals surface area contributed by atoms with E-state index in [1.807, 2.05) is 60.7 Å². The van der Waals surface area contributed by atoms with E-state index in [0.717, 1.165) is 22.7 Å². The lowest BCUT2D eigenvalue weighted by molar-refractivity contribution is 0.414. The molecule has 0 aliphatic heterocycles. The third-order valence-corrected chi connectivity index (χ3v) is 3.12. The van der Waals surface area contributed by atoms with Crippen LogP contribution in [0.4, 0.5) is 5.82 Å². The summed E-state index contributed by atoms with van der Waals surface area (Å²) in [6.07, 6.45) is 0. The van der Waals surface area contributed by atoms with E-state index in [0.29, 0.717) is 5.82 Å². The summed E-state index contributed by atoms with van der Waals surface area (Å²) in [5, 5.41) is 4.56. The van der Waals surface area contributed by atoms with Gasteiger partial charge in [0.05, 0.1) is 18.5 Å². The van der Waals surface area contributed by atoms with Crippen LogP contribution >= 0.6 is 0 Å². The maximum Gasteiger partial charge on any atom is 0.127 e. The average molecular weight is 265 g/mol. The van der Waals surface area contributed by atoms with E-state index in [2.05, 4.69) is 5.10 Å². The number of hydrogen-bond acceptors (Lipinski definition) is 3. The summed E-state index contributed by atoms with van der Waals surface area (Å²) >= 11 is 0. The standard InChI is InChI=1S/C16H15N3O/c1-20-14-9-7-13(8-10-14)19-16(17)11-15(18-19)12-5-3-2-4-6-12/h2-11H,17H2,1H3. The number of anilines is 1. The average Bonchev–Trinajstić information content (AvgIpc) is 2.90. The van der Waals surface area contributed by atoms with Gasteiger partial charge >= 0.3 is 0 Å². The molecule has 0 saturated heterocycles. The Balaban J connectivity index is 2.00. The topological polar surface area (TPSA) is 53.1 Å². The number of benzene rings is 2. The first-order chi connectivity index (χ1) is 9.78. The van der Waals surface area contributed by atoms with Gasteiger partial charge in [-0.1, -0.05) is 30.3 Å². The lowest BCUT2D eigenvalue weighted by Crippen LogP contribution is -2.01. The van der Waals surface area contributed by atoms with Crippen LogP contribution in [0, 0.1) is 0 Å². The first-order valence-corrected chi connectivity index (χ1v) is 6.33. The van der Waals surface area contributed by atoms with E-state index < -0.39 is 0 Å². The van der Waals surface area contributed by atoms with Crippen molar-refractivity contribution in [3.63, 3.8) is 0 Å². The largest absolute Gasteiger partial charge is 0.497 e. The second-order valence-corrected chi connectivity index (χ2v) is 4.43. The van der Waals surface area contributed by atoms with Gasteiger partial charge in [0.1, 0.15) is 11.6 Å². The van der Waals surface area contributed by atoms with E-state index in [4.69, 9.17) is 10.5 Å². The van der Waals surface area contributed by atoms with Gasteiger partial charge in [-0.15, -0.1) is 0 Å². The summed E-state index contributed by atoms with van der Waals surface area (Å²) in [6, 6.07) is 19.5. The molecule has 0 spiro atoms. The van der Waals surface area contributed by atoms with Crippen molar-refractivity contribution >= 4 is 5.82 Å². The van der Waals surface area contributed by atoms with Crippen LogP contribution in [0.15, 0.2) is 60.7 Å². The highest BCUT2D eigenvalue weighted by Crippen LogP contribution is 2.23. The fraction of sp³-hybridized carbons (Fsp3) is 0.0625. The van der Waals surface area contributed by atoms with Crippen LogP contribution in [0.5, 0.6) is 5.75 Å². The molecule has 0 atom stereocenters. The molecule has 0 aliphatic rings. The Morgan fingerprint density at radius 3 is 2.35 bits per heavy atom. The zero-order valence-electron chi connectivity index (χ0n) is 11.2. The van der Waals surface area contributed by atoms with Crippen molar-refractivity contribution in [3.8, 4) is 22.7 Å². The molecule has 0 amide bonds. The fourth-order valence-corrected chi connectivity index (χ4v) is 2.08. The molecule has 4 nitrogen and oxygen atoms in total. The maximum absolute atomic E-state index is 6.05. The number of ether oxygens (including phenoxy) is 1. The van der Waals surface area contributed by atoms with Crippen LogP contribution in [0.1, 0.15) is 0 Å².